The molecule has 4 rings (SSSR count). The van der Waals surface area contributed by atoms with Crippen LogP contribution >= 0.6 is 0 Å². The van der Waals surface area contributed by atoms with Crippen LogP contribution in [0.5, 0.6) is 11.5 Å². The van der Waals surface area contributed by atoms with Crippen molar-refractivity contribution >= 4 is 17.5 Å². The van der Waals surface area contributed by atoms with Gasteiger partial charge in [-0.15, -0.1) is 0 Å². The number of carbonyl (C=O) groups excluding carboxylic acids is 2. The maximum atomic E-state index is 12.5. The molecule has 0 spiro atoms. The fourth-order valence-corrected chi connectivity index (χ4v) is 4.55. The number of hydrogen-bond acceptors (Lipinski definition) is 7. The second-order valence-electron chi connectivity index (χ2n) is 8.78. The molecule has 9 nitrogen and oxygen atoms in total. The summed E-state index contributed by atoms with van der Waals surface area (Å²) in [6, 6.07) is 19.2. The van der Waals surface area contributed by atoms with Crippen molar-refractivity contribution in [2.45, 2.75) is 12.5 Å². The van der Waals surface area contributed by atoms with Crippen LogP contribution in [0.25, 0.3) is 0 Å². The summed E-state index contributed by atoms with van der Waals surface area (Å²) in [7, 11) is 3.27. The quantitative estimate of drug-likeness (QED) is 0.408. The Labute approximate surface area is 217 Å². The second kappa shape index (κ2) is 12.8. The standard InChI is InChI=1S/C28H34N4O5/c1-35-23-11-9-22(10-12-23)31-15-17-32(18-16-31)24(26-8-5-19-37-26)20-30-28(34)27(33)29-14-13-21-6-3-4-7-25(21)36-2/h3-12,19,24H,13-18,20H2,1-2H3,(H,29,33)(H,30,34)/t24-/m0/s1. The lowest BCUT2D eigenvalue weighted by molar-refractivity contribution is -0.139. The zero-order valence-corrected chi connectivity index (χ0v) is 21.3. The number of hydrogen-bond donors (Lipinski definition) is 2. The van der Waals surface area contributed by atoms with Crippen molar-refractivity contribution in [2.24, 2.45) is 0 Å². The van der Waals surface area contributed by atoms with E-state index in [0.717, 1.165) is 54.7 Å². The first-order chi connectivity index (χ1) is 18.1. The number of para-hydroxylation sites is 1. The molecule has 196 valence electrons. The summed E-state index contributed by atoms with van der Waals surface area (Å²) >= 11 is 0. The van der Waals surface area contributed by atoms with Crippen molar-refractivity contribution in [3.05, 3.63) is 78.3 Å². The van der Waals surface area contributed by atoms with E-state index in [9.17, 15) is 9.59 Å². The molecule has 2 heterocycles. The Hall–Kier alpha value is -3.98. The van der Waals surface area contributed by atoms with Gasteiger partial charge in [-0.05, 0) is 54.4 Å². The monoisotopic (exact) mass is 506 g/mol. The maximum absolute atomic E-state index is 12.5. The third-order valence-electron chi connectivity index (χ3n) is 6.60. The zero-order valence-electron chi connectivity index (χ0n) is 21.3. The van der Waals surface area contributed by atoms with Crippen LogP contribution in [0.4, 0.5) is 5.69 Å². The lowest BCUT2D eigenvalue weighted by atomic mass is 10.1. The minimum Gasteiger partial charge on any atom is -0.497 e. The molecule has 37 heavy (non-hydrogen) atoms. The SMILES string of the molecule is COc1ccc(N2CCN([C@@H](CNC(=O)C(=O)NCCc3ccccc3OC)c3ccco3)CC2)cc1. The first kappa shape index (κ1) is 26.1. The lowest BCUT2D eigenvalue weighted by Crippen LogP contribution is -2.50. The molecule has 1 atom stereocenters. The smallest absolute Gasteiger partial charge is 0.309 e. The zero-order chi connectivity index (χ0) is 26.0. The first-order valence-electron chi connectivity index (χ1n) is 12.4. The number of nitrogens with one attached hydrogen (secondary N) is 2. The molecule has 2 aromatic carbocycles. The van der Waals surface area contributed by atoms with Crippen molar-refractivity contribution < 1.29 is 23.5 Å². The van der Waals surface area contributed by atoms with E-state index in [1.54, 1.807) is 20.5 Å². The van der Waals surface area contributed by atoms with Gasteiger partial charge in [0.15, 0.2) is 0 Å². The van der Waals surface area contributed by atoms with Gasteiger partial charge in [0.05, 0.1) is 26.5 Å². The number of carbonyl (C=O) groups is 2. The molecule has 1 aliphatic rings. The summed E-state index contributed by atoms with van der Waals surface area (Å²) in [6.45, 7) is 3.86. The van der Waals surface area contributed by atoms with Crippen LogP contribution in [0.3, 0.4) is 0 Å². The number of piperazine rings is 1. The number of methoxy groups -OCH3 is 2. The van der Waals surface area contributed by atoms with Crippen molar-refractivity contribution in [2.75, 3.05) is 58.4 Å². The molecule has 1 saturated heterocycles. The van der Waals surface area contributed by atoms with Gasteiger partial charge in [-0.3, -0.25) is 14.5 Å². The number of rotatable bonds is 10. The van der Waals surface area contributed by atoms with Crippen LogP contribution in [0.1, 0.15) is 17.4 Å². The Morgan fingerprint density at radius 1 is 0.892 bits per heavy atom. The third-order valence-corrected chi connectivity index (χ3v) is 6.60. The second-order valence-corrected chi connectivity index (χ2v) is 8.78. The average molecular weight is 507 g/mol. The van der Waals surface area contributed by atoms with Crippen LogP contribution in [0, 0.1) is 0 Å². The van der Waals surface area contributed by atoms with Crippen molar-refractivity contribution in [3.8, 4) is 11.5 Å². The van der Waals surface area contributed by atoms with Crippen LogP contribution in [-0.2, 0) is 16.0 Å². The summed E-state index contributed by atoms with van der Waals surface area (Å²) < 4.78 is 16.3. The number of amides is 2. The molecule has 0 radical (unpaired) electrons. The predicted molar refractivity (Wildman–Crippen MR) is 141 cm³/mol. The summed E-state index contributed by atoms with van der Waals surface area (Å²) in [4.78, 5) is 29.5. The Bertz CT molecular complexity index is 1140. The molecule has 2 amide bonds. The van der Waals surface area contributed by atoms with Gasteiger partial charge in [0.2, 0.25) is 0 Å². The van der Waals surface area contributed by atoms with Crippen molar-refractivity contribution in [1.82, 2.24) is 15.5 Å². The van der Waals surface area contributed by atoms with Crippen LogP contribution < -0.4 is 25.0 Å². The molecule has 0 unspecified atom stereocenters. The maximum Gasteiger partial charge on any atom is 0.309 e. The lowest BCUT2D eigenvalue weighted by Gasteiger charge is -2.39. The van der Waals surface area contributed by atoms with Gasteiger partial charge >= 0.3 is 11.8 Å². The Kier molecular flexibility index (Phi) is 9.04. The molecular formula is C28H34N4O5. The first-order valence-corrected chi connectivity index (χ1v) is 12.4. The highest BCUT2D eigenvalue weighted by Gasteiger charge is 2.28. The summed E-state index contributed by atoms with van der Waals surface area (Å²) in [5, 5.41) is 5.48. The van der Waals surface area contributed by atoms with Gasteiger partial charge in [0.25, 0.3) is 0 Å². The van der Waals surface area contributed by atoms with E-state index in [-0.39, 0.29) is 12.6 Å². The third kappa shape index (κ3) is 6.83. The van der Waals surface area contributed by atoms with Crippen LogP contribution in [0.2, 0.25) is 0 Å². The fraction of sp³-hybridized carbons (Fsp3) is 0.357. The molecule has 0 bridgehead atoms. The van der Waals surface area contributed by atoms with Gasteiger partial charge in [-0.2, -0.15) is 0 Å². The van der Waals surface area contributed by atoms with E-state index in [0.29, 0.717) is 13.0 Å². The van der Waals surface area contributed by atoms with E-state index < -0.39 is 11.8 Å². The molecule has 2 N–H and O–H groups in total. The largest absolute Gasteiger partial charge is 0.497 e. The van der Waals surface area contributed by atoms with E-state index in [2.05, 4.69) is 32.6 Å². The van der Waals surface area contributed by atoms with Gasteiger partial charge in [-0.25, -0.2) is 0 Å². The predicted octanol–water partition coefficient (Wildman–Crippen LogP) is 2.64. The highest BCUT2D eigenvalue weighted by atomic mass is 16.5. The normalized spacial score (nSPS) is 14.6. The summed E-state index contributed by atoms with van der Waals surface area (Å²) in [6.07, 6.45) is 2.19. The molecule has 1 aliphatic heterocycles. The number of ether oxygens (including phenoxy) is 2. The molecule has 1 aromatic heterocycles. The minimum atomic E-state index is -0.659. The van der Waals surface area contributed by atoms with Crippen LogP contribution in [-0.4, -0.2) is 70.2 Å². The van der Waals surface area contributed by atoms with Crippen molar-refractivity contribution in [1.29, 1.82) is 0 Å². The Balaban J connectivity index is 1.28. The van der Waals surface area contributed by atoms with E-state index in [4.69, 9.17) is 13.9 Å². The number of nitrogens with zero attached hydrogens (tertiary/aromatic N) is 2. The van der Waals surface area contributed by atoms with E-state index in [1.807, 2.05) is 48.5 Å². The highest BCUT2D eigenvalue weighted by Crippen LogP contribution is 2.25. The van der Waals surface area contributed by atoms with Gasteiger partial charge < -0.3 is 29.4 Å². The van der Waals surface area contributed by atoms with Gasteiger partial charge in [-0.1, -0.05) is 18.2 Å². The number of furan rings is 1. The molecular weight excluding hydrogens is 472 g/mol. The fourth-order valence-electron chi connectivity index (χ4n) is 4.55. The van der Waals surface area contributed by atoms with Gasteiger partial charge in [0.1, 0.15) is 17.3 Å². The van der Waals surface area contributed by atoms with E-state index in [1.165, 1.54) is 0 Å². The van der Waals surface area contributed by atoms with Crippen molar-refractivity contribution in [3.63, 3.8) is 0 Å². The molecule has 3 aromatic rings. The topological polar surface area (TPSA) is 96.3 Å². The van der Waals surface area contributed by atoms with Crippen LogP contribution in [0.15, 0.2) is 71.3 Å². The minimum absolute atomic E-state index is 0.168. The molecule has 9 heteroatoms. The Morgan fingerprint density at radius 2 is 1.62 bits per heavy atom. The number of anilines is 1. The average Bonchev–Trinajstić information content (AvgIpc) is 3.48. The summed E-state index contributed by atoms with van der Waals surface area (Å²) in [5.41, 5.74) is 2.12. The molecule has 0 aliphatic carbocycles. The number of benzene rings is 2. The van der Waals surface area contributed by atoms with E-state index >= 15 is 0 Å². The highest BCUT2D eigenvalue weighted by molar-refractivity contribution is 6.35. The molecule has 0 saturated carbocycles. The van der Waals surface area contributed by atoms with Gasteiger partial charge in [0, 0.05) is 45.0 Å². The molecule has 1 fully saturated rings. The summed E-state index contributed by atoms with van der Waals surface area (Å²) in [5.74, 6) is 1.04. The Morgan fingerprint density at radius 3 is 2.30 bits per heavy atom.